The molecule has 2 fully saturated rings. The lowest BCUT2D eigenvalue weighted by molar-refractivity contribution is -0.148. The van der Waals surface area contributed by atoms with Gasteiger partial charge in [0.1, 0.15) is 21.8 Å². The second kappa shape index (κ2) is 12.1. The minimum absolute atomic E-state index is 0.0689. The molecule has 2 saturated heterocycles. The summed E-state index contributed by atoms with van der Waals surface area (Å²) in [6.45, 7) is 11.2. The van der Waals surface area contributed by atoms with E-state index in [9.17, 15) is 19.6 Å². The number of esters is 1. The maximum atomic E-state index is 13.5. The number of anilines is 1. The van der Waals surface area contributed by atoms with Crippen LogP contribution in [-0.2, 0) is 20.9 Å². The van der Waals surface area contributed by atoms with Gasteiger partial charge in [-0.1, -0.05) is 37.3 Å². The van der Waals surface area contributed by atoms with E-state index in [0.717, 1.165) is 19.3 Å². The number of pyridine rings is 1. The van der Waals surface area contributed by atoms with Crippen LogP contribution in [0.1, 0.15) is 70.1 Å². The molecule has 0 spiro atoms. The zero-order valence-corrected chi connectivity index (χ0v) is 23.3. The average Bonchev–Trinajstić information content (AvgIpc) is 3.13. The number of carbonyl (C=O) groups is 2. The quantitative estimate of drug-likeness (QED) is 0.280. The van der Waals surface area contributed by atoms with Gasteiger partial charge in [0, 0.05) is 31.2 Å². The summed E-state index contributed by atoms with van der Waals surface area (Å²) < 4.78 is 7.42. The first kappa shape index (κ1) is 27.9. The molecule has 0 aliphatic carbocycles. The Morgan fingerprint density at radius 1 is 1.33 bits per heavy atom. The number of aromatic nitrogens is 1. The molecule has 0 aromatic carbocycles. The molecule has 0 bridgehead atoms. The number of carbonyl (C=O) groups excluding carboxylic acids is 2. The van der Waals surface area contributed by atoms with Crippen molar-refractivity contribution >= 4 is 52.1 Å². The number of piperidine rings is 1. The molecule has 1 atom stereocenters. The van der Waals surface area contributed by atoms with E-state index in [1.807, 2.05) is 25.7 Å². The van der Waals surface area contributed by atoms with Crippen molar-refractivity contribution in [1.82, 2.24) is 9.47 Å². The largest absolute Gasteiger partial charge is 0.466 e. The van der Waals surface area contributed by atoms with Crippen molar-refractivity contribution in [1.29, 1.82) is 5.26 Å². The number of amides is 1. The third-order valence-corrected chi connectivity index (χ3v) is 7.87. The Labute approximate surface area is 222 Å². The van der Waals surface area contributed by atoms with E-state index < -0.39 is 0 Å². The smallest absolute Gasteiger partial charge is 0.310 e. The minimum atomic E-state index is -0.344. The van der Waals surface area contributed by atoms with Crippen LogP contribution in [0.25, 0.3) is 6.08 Å². The molecule has 194 valence electrons. The van der Waals surface area contributed by atoms with Crippen molar-refractivity contribution in [2.75, 3.05) is 24.6 Å². The van der Waals surface area contributed by atoms with Crippen LogP contribution in [-0.4, -0.2) is 51.4 Å². The number of thiocarbonyl (C=S) groups is 1. The highest BCUT2D eigenvalue weighted by molar-refractivity contribution is 8.26. The molecule has 2 aliphatic heterocycles. The van der Waals surface area contributed by atoms with Gasteiger partial charge in [0.05, 0.1) is 17.4 Å². The third-order valence-electron chi connectivity index (χ3n) is 6.54. The van der Waals surface area contributed by atoms with Crippen molar-refractivity contribution in [2.45, 2.75) is 72.9 Å². The summed E-state index contributed by atoms with van der Waals surface area (Å²) in [6.07, 6.45) is 4.87. The average molecular weight is 531 g/mol. The first-order valence-electron chi connectivity index (χ1n) is 12.5. The summed E-state index contributed by atoms with van der Waals surface area (Å²) in [4.78, 5) is 43.3. The van der Waals surface area contributed by atoms with Crippen molar-refractivity contribution in [3.05, 3.63) is 31.9 Å². The Balaban J connectivity index is 2.22. The number of hydrogen-bond donors (Lipinski definition) is 0. The predicted molar refractivity (Wildman–Crippen MR) is 147 cm³/mol. The number of rotatable bonds is 8. The van der Waals surface area contributed by atoms with Gasteiger partial charge in [-0.25, -0.2) is 0 Å². The summed E-state index contributed by atoms with van der Waals surface area (Å²) in [6, 6.07) is 2.00. The number of ether oxygens (including phenoxy) is 1. The normalized spacial score (nSPS) is 19.4. The molecule has 10 heteroatoms. The fourth-order valence-corrected chi connectivity index (χ4v) is 6.19. The number of hydrogen-bond acceptors (Lipinski definition) is 8. The summed E-state index contributed by atoms with van der Waals surface area (Å²) in [5.41, 5.74) is 0.900. The molecule has 1 unspecified atom stereocenters. The first-order valence-corrected chi connectivity index (χ1v) is 13.7. The molecule has 1 amide bonds. The van der Waals surface area contributed by atoms with Crippen LogP contribution in [0.3, 0.4) is 0 Å². The van der Waals surface area contributed by atoms with Gasteiger partial charge >= 0.3 is 5.97 Å². The molecule has 1 aromatic heterocycles. The zero-order chi connectivity index (χ0) is 26.6. The molecule has 3 heterocycles. The van der Waals surface area contributed by atoms with Crippen molar-refractivity contribution in [2.24, 2.45) is 5.92 Å². The van der Waals surface area contributed by atoms with Gasteiger partial charge in [0.15, 0.2) is 0 Å². The molecular formula is C26H34N4O4S2. The fraction of sp³-hybridized carbons (Fsp3) is 0.577. The first-order chi connectivity index (χ1) is 17.2. The molecule has 2 aliphatic rings. The lowest BCUT2D eigenvalue weighted by Crippen LogP contribution is -2.43. The summed E-state index contributed by atoms with van der Waals surface area (Å²) in [7, 11) is 0. The Morgan fingerprint density at radius 3 is 2.64 bits per heavy atom. The summed E-state index contributed by atoms with van der Waals surface area (Å²) in [5.74, 6) is -0.0854. The van der Waals surface area contributed by atoms with Gasteiger partial charge in [-0.15, -0.1) is 0 Å². The van der Waals surface area contributed by atoms with E-state index >= 15 is 0 Å². The maximum absolute atomic E-state index is 13.5. The molecule has 0 radical (unpaired) electrons. The van der Waals surface area contributed by atoms with Gasteiger partial charge < -0.3 is 9.64 Å². The minimum Gasteiger partial charge on any atom is -0.466 e. The molecule has 0 N–H and O–H groups in total. The van der Waals surface area contributed by atoms with Crippen molar-refractivity contribution < 1.29 is 14.3 Å². The third kappa shape index (κ3) is 5.52. The van der Waals surface area contributed by atoms with Gasteiger partial charge in [0.25, 0.3) is 11.5 Å². The number of nitriles is 1. The van der Waals surface area contributed by atoms with Crippen LogP contribution in [0.2, 0.25) is 0 Å². The van der Waals surface area contributed by atoms with E-state index in [-0.39, 0.29) is 35.0 Å². The van der Waals surface area contributed by atoms with E-state index in [1.54, 1.807) is 29.4 Å². The molecule has 8 nitrogen and oxygen atoms in total. The second-order valence-electron chi connectivity index (χ2n) is 9.34. The fourth-order valence-electron chi connectivity index (χ4n) is 4.69. The SMILES string of the molecule is CCCCn1c(N2CCCC(C(=O)OCC)C2)c(/C=C2\SC(=S)N(C(C)C)C2=O)c(C)c(C#N)c1=O. The number of thioether (sulfide) groups is 1. The van der Waals surface area contributed by atoms with Crippen molar-refractivity contribution in [3.8, 4) is 6.07 Å². The van der Waals surface area contributed by atoms with Crippen LogP contribution >= 0.6 is 24.0 Å². The van der Waals surface area contributed by atoms with Gasteiger partial charge in [-0.2, -0.15) is 5.26 Å². The van der Waals surface area contributed by atoms with Crippen LogP contribution in [0.5, 0.6) is 0 Å². The van der Waals surface area contributed by atoms with Crippen molar-refractivity contribution in [3.63, 3.8) is 0 Å². The molecule has 1 aromatic rings. The van der Waals surface area contributed by atoms with E-state index in [4.69, 9.17) is 17.0 Å². The molecule has 36 heavy (non-hydrogen) atoms. The van der Waals surface area contributed by atoms with Crippen LogP contribution < -0.4 is 10.5 Å². The Hall–Kier alpha value is -2.64. The highest BCUT2D eigenvalue weighted by atomic mass is 32.2. The Kier molecular flexibility index (Phi) is 9.36. The topological polar surface area (TPSA) is 95.6 Å². The van der Waals surface area contributed by atoms with Crippen LogP contribution in [0.4, 0.5) is 5.82 Å². The van der Waals surface area contributed by atoms with Gasteiger partial charge in [0.2, 0.25) is 0 Å². The van der Waals surface area contributed by atoms with E-state index in [1.165, 1.54) is 11.8 Å². The summed E-state index contributed by atoms with van der Waals surface area (Å²) in [5, 5.41) is 9.86. The van der Waals surface area contributed by atoms with Gasteiger partial charge in [-0.05, 0) is 58.6 Å². The highest BCUT2D eigenvalue weighted by Gasteiger charge is 2.35. The molecule has 0 saturated carbocycles. The second-order valence-corrected chi connectivity index (χ2v) is 11.0. The number of unbranched alkanes of at least 4 members (excludes halogenated alkanes) is 1. The highest BCUT2D eigenvalue weighted by Crippen LogP contribution is 2.37. The number of nitrogens with zero attached hydrogens (tertiary/aromatic N) is 4. The lowest BCUT2D eigenvalue weighted by Gasteiger charge is -2.36. The Bertz CT molecular complexity index is 1180. The van der Waals surface area contributed by atoms with Crippen LogP contribution in [0.15, 0.2) is 9.70 Å². The standard InChI is InChI=1S/C26H34N4O4S2/c1-6-8-12-29-22(28-11-9-10-18(15-28)25(33)34-7-2)19(17(5)20(14-27)23(29)31)13-21-24(32)30(16(3)4)26(35)36-21/h13,16,18H,6-12,15H2,1-5H3/b21-13-. The Morgan fingerprint density at radius 2 is 2.06 bits per heavy atom. The van der Waals surface area contributed by atoms with E-state index in [2.05, 4.69) is 6.07 Å². The van der Waals surface area contributed by atoms with Gasteiger partial charge in [-0.3, -0.25) is 23.9 Å². The van der Waals surface area contributed by atoms with Crippen LogP contribution in [0, 0.1) is 24.2 Å². The predicted octanol–water partition coefficient (Wildman–Crippen LogP) is 4.22. The van der Waals surface area contributed by atoms with E-state index in [0.29, 0.717) is 58.8 Å². The lowest BCUT2D eigenvalue weighted by atomic mass is 9.96. The molecular weight excluding hydrogens is 496 g/mol. The maximum Gasteiger partial charge on any atom is 0.310 e. The summed E-state index contributed by atoms with van der Waals surface area (Å²) >= 11 is 6.69. The zero-order valence-electron chi connectivity index (χ0n) is 21.6. The monoisotopic (exact) mass is 530 g/mol. The molecule has 3 rings (SSSR count).